The SMILES string of the molecule is CC(C)(C)c1ccnc(-c2[c-]cc([Si](C)(C)C)c3c2oc2ccccc23)c1.Cc1ccc(-c2[c-]cccc2)nc1.[Ir]. The molecule has 3 heterocycles. The van der Waals surface area contributed by atoms with Crippen LogP contribution in [0.5, 0.6) is 0 Å². The summed E-state index contributed by atoms with van der Waals surface area (Å²) in [4.78, 5) is 8.97. The predicted molar refractivity (Wildman–Crippen MR) is 171 cm³/mol. The third-order valence-corrected chi connectivity index (χ3v) is 9.05. The Morgan fingerprint density at radius 2 is 1.59 bits per heavy atom. The van der Waals surface area contributed by atoms with Gasteiger partial charge in [-0.05, 0) is 47.0 Å². The minimum atomic E-state index is -1.56. The van der Waals surface area contributed by atoms with Gasteiger partial charge in [0.25, 0.3) is 0 Å². The summed E-state index contributed by atoms with van der Waals surface area (Å²) in [6, 6.07) is 33.4. The van der Waals surface area contributed by atoms with Crippen LogP contribution in [0.15, 0.2) is 95.7 Å². The van der Waals surface area contributed by atoms with Gasteiger partial charge in [0.15, 0.2) is 0 Å². The van der Waals surface area contributed by atoms with Gasteiger partial charge in [-0.25, -0.2) is 0 Å². The summed E-state index contributed by atoms with van der Waals surface area (Å²) >= 11 is 0. The molecule has 5 heteroatoms. The molecule has 6 rings (SSSR count). The third-order valence-electron chi connectivity index (χ3n) is 7.04. The maximum atomic E-state index is 6.35. The quantitative estimate of drug-likeness (QED) is 0.135. The number of fused-ring (bicyclic) bond motifs is 3. The van der Waals surface area contributed by atoms with E-state index in [2.05, 4.69) is 98.9 Å². The van der Waals surface area contributed by atoms with Gasteiger partial charge in [-0.2, -0.15) is 0 Å². The molecule has 0 bridgehead atoms. The fourth-order valence-corrected chi connectivity index (χ4v) is 6.27. The number of pyridine rings is 2. The first-order valence-electron chi connectivity index (χ1n) is 13.8. The molecule has 3 nitrogen and oxygen atoms in total. The molecule has 6 aromatic rings. The molecule has 0 spiro atoms. The molecule has 0 amide bonds. The third kappa shape index (κ3) is 6.76. The molecule has 0 fully saturated rings. The van der Waals surface area contributed by atoms with Crippen molar-refractivity contribution in [3.05, 3.63) is 115 Å². The first-order chi connectivity index (χ1) is 19.0. The van der Waals surface area contributed by atoms with Crippen LogP contribution in [0, 0.1) is 19.1 Å². The second-order valence-corrected chi connectivity index (χ2v) is 17.3. The molecule has 0 saturated heterocycles. The molecule has 211 valence electrons. The van der Waals surface area contributed by atoms with Crippen LogP contribution in [0.1, 0.15) is 31.9 Å². The molecule has 0 aliphatic heterocycles. The molecular formula is C36H36IrN2OSi-2. The van der Waals surface area contributed by atoms with E-state index >= 15 is 0 Å². The number of benzene rings is 3. The average molecular weight is 733 g/mol. The fourth-order valence-electron chi connectivity index (χ4n) is 4.77. The molecule has 3 aromatic carbocycles. The summed E-state index contributed by atoms with van der Waals surface area (Å²) in [7, 11) is -1.56. The van der Waals surface area contributed by atoms with Gasteiger partial charge < -0.3 is 14.4 Å². The summed E-state index contributed by atoms with van der Waals surface area (Å²) in [5, 5.41) is 3.81. The Bertz CT molecular complexity index is 1760. The van der Waals surface area contributed by atoms with Crippen molar-refractivity contribution in [2.45, 2.75) is 52.8 Å². The monoisotopic (exact) mass is 733 g/mol. The molecule has 0 aliphatic rings. The van der Waals surface area contributed by atoms with Crippen LogP contribution in [0.2, 0.25) is 19.6 Å². The number of furan rings is 1. The van der Waals surface area contributed by atoms with Crippen molar-refractivity contribution in [2.75, 3.05) is 0 Å². The second-order valence-electron chi connectivity index (χ2n) is 12.3. The molecule has 41 heavy (non-hydrogen) atoms. The number of hydrogen-bond donors (Lipinski definition) is 0. The van der Waals surface area contributed by atoms with Crippen molar-refractivity contribution in [2.24, 2.45) is 0 Å². The zero-order chi connectivity index (χ0) is 28.5. The number of nitrogens with zero attached hydrogens (tertiary/aromatic N) is 2. The van der Waals surface area contributed by atoms with E-state index in [0.29, 0.717) is 0 Å². The van der Waals surface area contributed by atoms with Crippen molar-refractivity contribution < 1.29 is 24.5 Å². The van der Waals surface area contributed by atoms with Gasteiger partial charge in [0.2, 0.25) is 0 Å². The van der Waals surface area contributed by atoms with Gasteiger partial charge in [0.05, 0.1) is 5.58 Å². The van der Waals surface area contributed by atoms with Crippen molar-refractivity contribution in [3.63, 3.8) is 0 Å². The predicted octanol–water partition coefficient (Wildman–Crippen LogP) is 9.15. The maximum Gasteiger partial charge on any atom is 0.120 e. The van der Waals surface area contributed by atoms with Crippen molar-refractivity contribution >= 4 is 35.2 Å². The zero-order valence-corrected chi connectivity index (χ0v) is 28.2. The van der Waals surface area contributed by atoms with Gasteiger partial charge in [0, 0.05) is 46.0 Å². The summed E-state index contributed by atoms with van der Waals surface area (Å²) in [6.45, 7) is 15.8. The Kier molecular flexibility index (Phi) is 9.13. The van der Waals surface area contributed by atoms with Crippen LogP contribution in [-0.2, 0) is 25.5 Å². The first kappa shape index (κ1) is 30.6. The Morgan fingerprint density at radius 3 is 2.24 bits per heavy atom. The summed E-state index contributed by atoms with van der Waals surface area (Å²) in [6.07, 6.45) is 3.76. The molecule has 3 aromatic heterocycles. The van der Waals surface area contributed by atoms with E-state index in [1.54, 1.807) is 0 Å². The number of para-hydroxylation sites is 1. The number of hydrogen-bond acceptors (Lipinski definition) is 3. The van der Waals surface area contributed by atoms with Gasteiger partial charge >= 0.3 is 0 Å². The zero-order valence-electron chi connectivity index (χ0n) is 24.8. The first-order valence-corrected chi connectivity index (χ1v) is 17.3. The van der Waals surface area contributed by atoms with Gasteiger partial charge in [-0.3, -0.25) is 0 Å². The Hall–Kier alpha value is -3.37. The van der Waals surface area contributed by atoms with E-state index in [1.165, 1.54) is 27.1 Å². The molecule has 0 N–H and O–H groups in total. The second kappa shape index (κ2) is 12.2. The number of rotatable bonds is 3. The molecule has 0 unspecified atom stereocenters. The largest absolute Gasteiger partial charge is 0.501 e. The van der Waals surface area contributed by atoms with Crippen LogP contribution in [-0.4, -0.2) is 18.0 Å². The molecule has 1 radical (unpaired) electrons. The van der Waals surface area contributed by atoms with Gasteiger partial charge in [0.1, 0.15) is 5.58 Å². The van der Waals surface area contributed by atoms with Crippen LogP contribution < -0.4 is 5.19 Å². The van der Waals surface area contributed by atoms with E-state index in [1.807, 2.05) is 61.8 Å². The van der Waals surface area contributed by atoms with Crippen LogP contribution in [0.25, 0.3) is 44.5 Å². The van der Waals surface area contributed by atoms with E-state index in [4.69, 9.17) is 4.42 Å². The van der Waals surface area contributed by atoms with Crippen molar-refractivity contribution in [3.8, 4) is 22.5 Å². The minimum Gasteiger partial charge on any atom is -0.501 e. The Morgan fingerprint density at radius 1 is 0.829 bits per heavy atom. The van der Waals surface area contributed by atoms with E-state index in [-0.39, 0.29) is 25.5 Å². The molecule has 0 aliphatic carbocycles. The van der Waals surface area contributed by atoms with Gasteiger partial charge in [-0.1, -0.05) is 87.8 Å². The normalized spacial score (nSPS) is 11.6. The van der Waals surface area contributed by atoms with Crippen LogP contribution in [0.4, 0.5) is 0 Å². The Balaban J connectivity index is 0.000000233. The minimum absolute atomic E-state index is 0. The molecule has 0 saturated carbocycles. The van der Waals surface area contributed by atoms with Crippen LogP contribution in [0.3, 0.4) is 0 Å². The average Bonchev–Trinajstić information content (AvgIpc) is 3.32. The molecule has 0 atom stereocenters. The fraction of sp³-hybridized carbons (Fsp3) is 0.222. The molecular weight excluding hydrogens is 697 g/mol. The number of aromatic nitrogens is 2. The number of aryl methyl sites for hydroxylation is 1. The smallest absolute Gasteiger partial charge is 0.120 e. The standard InChI is InChI=1S/C24H26NOSi.C12H10N.Ir/c1-24(2,3)16-13-14-25-19(15-16)17-11-12-21(27(4,5)6)22-18-9-7-8-10-20(18)26-23(17)22;1-10-7-8-12(13-9-10)11-5-3-2-4-6-11;/h7-10,12-15H,1-6H3;2-5,7-9H,1H3;/q2*-1;. The van der Waals surface area contributed by atoms with E-state index < -0.39 is 8.07 Å². The van der Waals surface area contributed by atoms with E-state index in [9.17, 15) is 0 Å². The van der Waals surface area contributed by atoms with Gasteiger partial charge in [-0.15, -0.1) is 53.2 Å². The van der Waals surface area contributed by atoms with Crippen molar-refractivity contribution in [1.29, 1.82) is 0 Å². The maximum absolute atomic E-state index is 6.35. The summed E-state index contributed by atoms with van der Waals surface area (Å²) in [5.41, 5.74) is 8.26. The van der Waals surface area contributed by atoms with Crippen LogP contribution >= 0.6 is 0 Å². The van der Waals surface area contributed by atoms with E-state index in [0.717, 1.165) is 33.7 Å². The topological polar surface area (TPSA) is 38.9 Å². The summed E-state index contributed by atoms with van der Waals surface area (Å²) < 4.78 is 6.35. The summed E-state index contributed by atoms with van der Waals surface area (Å²) in [5.74, 6) is 0. The van der Waals surface area contributed by atoms with Crippen molar-refractivity contribution in [1.82, 2.24) is 9.97 Å². The Labute approximate surface area is 258 Å².